The van der Waals surface area contributed by atoms with E-state index in [1.54, 1.807) is 12.1 Å². The molecule has 188 valence electrons. The highest BCUT2D eigenvalue weighted by Gasteiger charge is 2.55. The maximum absolute atomic E-state index is 14.6. The van der Waals surface area contributed by atoms with E-state index in [1.165, 1.54) is 6.07 Å². The molecule has 0 bridgehead atoms. The molecule has 0 amide bonds. The first kappa shape index (κ1) is 25.1. The summed E-state index contributed by atoms with van der Waals surface area (Å²) in [7, 11) is 0. The van der Waals surface area contributed by atoms with E-state index in [1.807, 2.05) is 18.2 Å². The summed E-state index contributed by atoms with van der Waals surface area (Å²) in [5.74, 6) is -2.59. The lowest BCUT2D eigenvalue weighted by atomic mass is 9.67. The summed E-state index contributed by atoms with van der Waals surface area (Å²) in [6, 6.07) is 10.6. The van der Waals surface area contributed by atoms with Crippen molar-refractivity contribution in [1.82, 2.24) is 0 Å². The number of aliphatic carboxylic acids is 1. The minimum absolute atomic E-state index is 0.0655. The summed E-state index contributed by atoms with van der Waals surface area (Å²) in [5.41, 5.74) is 7.05. The van der Waals surface area contributed by atoms with Crippen molar-refractivity contribution in [2.24, 2.45) is 16.6 Å². The molecule has 1 fully saturated rings. The summed E-state index contributed by atoms with van der Waals surface area (Å²) in [5, 5.41) is 17.5. The van der Waals surface area contributed by atoms with Crippen molar-refractivity contribution < 1.29 is 42.0 Å². The molecule has 2 aromatic rings. The van der Waals surface area contributed by atoms with Gasteiger partial charge in [-0.2, -0.15) is 13.2 Å². The summed E-state index contributed by atoms with van der Waals surface area (Å²) in [6.07, 6.45) is -3.57. The minimum atomic E-state index is -5.08. The van der Waals surface area contributed by atoms with Crippen LogP contribution in [-0.4, -0.2) is 47.2 Å². The fourth-order valence-corrected chi connectivity index (χ4v) is 4.94. The maximum Gasteiger partial charge on any atom is 0.490 e. The van der Waals surface area contributed by atoms with E-state index in [-0.39, 0.29) is 29.7 Å². The maximum atomic E-state index is 14.6. The van der Waals surface area contributed by atoms with E-state index in [4.69, 9.17) is 36.7 Å². The van der Waals surface area contributed by atoms with Gasteiger partial charge in [-0.3, -0.25) is 0 Å². The van der Waals surface area contributed by atoms with E-state index in [2.05, 4.69) is 4.99 Å². The van der Waals surface area contributed by atoms with E-state index >= 15 is 0 Å². The molecular weight excluding hydrogens is 496 g/mol. The Morgan fingerprint density at radius 3 is 2.57 bits per heavy atom. The topological polar surface area (TPSA) is 114 Å². The predicted octanol–water partition coefficient (Wildman–Crippen LogP) is 4.24. The molecule has 0 saturated heterocycles. The van der Waals surface area contributed by atoms with Crippen molar-refractivity contribution in [3.05, 3.63) is 52.8 Å². The zero-order chi connectivity index (χ0) is 25.5. The van der Waals surface area contributed by atoms with Crippen LogP contribution < -0.4 is 10.5 Å². The number of carbonyl (C=O) groups is 1. The second-order valence-electron chi connectivity index (χ2n) is 8.51. The summed E-state index contributed by atoms with van der Waals surface area (Å²) >= 11 is 5.97. The van der Waals surface area contributed by atoms with Gasteiger partial charge in [0.15, 0.2) is 0 Å². The first-order valence-corrected chi connectivity index (χ1v) is 11.0. The van der Waals surface area contributed by atoms with E-state index in [0.29, 0.717) is 29.7 Å². The van der Waals surface area contributed by atoms with Crippen molar-refractivity contribution in [3.63, 3.8) is 0 Å². The molecule has 2 aliphatic heterocycles. The minimum Gasteiger partial charge on any atom is -0.490 e. The number of amidine groups is 1. The van der Waals surface area contributed by atoms with Crippen molar-refractivity contribution in [2.45, 2.75) is 43.2 Å². The van der Waals surface area contributed by atoms with Crippen LogP contribution in [0.2, 0.25) is 5.02 Å². The van der Waals surface area contributed by atoms with Gasteiger partial charge in [0.05, 0.1) is 11.1 Å². The van der Waals surface area contributed by atoms with Gasteiger partial charge >= 0.3 is 12.1 Å². The Labute approximate surface area is 202 Å². The summed E-state index contributed by atoms with van der Waals surface area (Å²) in [6.45, 7) is 0.282. The Morgan fingerprint density at radius 1 is 1.23 bits per heavy atom. The molecule has 1 spiro atoms. The molecule has 4 atom stereocenters. The zero-order valence-corrected chi connectivity index (χ0v) is 18.8. The number of ether oxygens (including phenoxy) is 2. The normalized spacial score (nSPS) is 26.9. The number of hydrogen-bond donors (Lipinski definition) is 3. The molecule has 5 rings (SSSR count). The van der Waals surface area contributed by atoms with Crippen LogP contribution in [0.5, 0.6) is 5.75 Å². The largest absolute Gasteiger partial charge is 0.490 e. The highest BCUT2D eigenvalue weighted by atomic mass is 35.5. The third kappa shape index (κ3) is 4.74. The van der Waals surface area contributed by atoms with E-state index in [9.17, 15) is 22.7 Å². The monoisotopic (exact) mass is 516 g/mol. The first-order chi connectivity index (χ1) is 16.4. The van der Waals surface area contributed by atoms with Gasteiger partial charge in [0.1, 0.15) is 29.8 Å². The van der Waals surface area contributed by atoms with Crippen LogP contribution in [0.15, 0.2) is 41.4 Å². The smallest absolute Gasteiger partial charge is 0.490 e. The third-order valence-electron chi connectivity index (χ3n) is 6.35. The number of hydrogen-bond acceptors (Lipinski definition) is 6. The molecule has 3 aliphatic rings. The summed E-state index contributed by atoms with van der Waals surface area (Å²) < 4.78 is 58.2. The molecule has 1 saturated carbocycles. The van der Waals surface area contributed by atoms with Crippen LogP contribution >= 0.6 is 11.6 Å². The quantitative estimate of drug-likeness (QED) is 0.488. The van der Waals surface area contributed by atoms with Crippen LogP contribution in [0.4, 0.5) is 17.6 Å². The van der Waals surface area contributed by atoms with Gasteiger partial charge in [-0.05, 0) is 43.0 Å². The van der Waals surface area contributed by atoms with E-state index in [0.717, 1.165) is 12.0 Å². The number of rotatable bonds is 1. The fourth-order valence-electron chi connectivity index (χ4n) is 4.77. The highest BCUT2D eigenvalue weighted by molar-refractivity contribution is 6.31. The van der Waals surface area contributed by atoms with Crippen LogP contribution in [0.3, 0.4) is 0 Å². The molecule has 2 aromatic carbocycles. The Hall–Kier alpha value is -3.05. The third-order valence-corrected chi connectivity index (χ3v) is 6.64. The Bertz CT molecular complexity index is 1180. The summed E-state index contributed by atoms with van der Waals surface area (Å²) in [4.78, 5) is 13.6. The van der Waals surface area contributed by atoms with Crippen LogP contribution in [0.25, 0.3) is 11.1 Å². The zero-order valence-electron chi connectivity index (χ0n) is 18.1. The van der Waals surface area contributed by atoms with Crippen LogP contribution in [0, 0.1) is 11.7 Å². The second-order valence-corrected chi connectivity index (χ2v) is 8.92. The molecule has 12 heteroatoms. The number of benzene rings is 2. The number of nitrogens with zero attached hydrogens (tertiary/aromatic N) is 1. The molecule has 0 radical (unpaired) electrons. The Morgan fingerprint density at radius 2 is 1.94 bits per heavy atom. The molecular formula is C23H21ClF4N2O5. The Kier molecular flexibility index (Phi) is 6.58. The predicted molar refractivity (Wildman–Crippen MR) is 118 cm³/mol. The standard InChI is InChI=1S/C21H20ClFN2O3.C2HF3O2/c22-16-3-1-2-13(19(16)23)11-4-6-17-14(8-11)21(10-27-20(24)25-21)15-9-12(26)5-7-18(15)28-17;3-2(4,5)1(6)7/h1-4,6,8,12,15,18,26H,5,7,9-10H2,(H2,24,25);(H,6,7). The molecule has 0 aromatic heterocycles. The lowest BCUT2D eigenvalue weighted by Gasteiger charge is -2.47. The van der Waals surface area contributed by atoms with Gasteiger partial charge in [-0.25, -0.2) is 14.2 Å². The lowest BCUT2D eigenvalue weighted by Crippen LogP contribution is -2.51. The van der Waals surface area contributed by atoms with Crippen molar-refractivity contribution in [3.8, 4) is 16.9 Å². The second kappa shape index (κ2) is 9.19. The van der Waals surface area contributed by atoms with Gasteiger partial charge in [0, 0.05) is 17.0 Å². The van der Waals surface area contributed by atoms with Crippen molar-refractivity contribution >= 4 is 23.6 Å². The molecule has 7 nitrogen and oxygen atoms in total. The highest BCUT2D eigenvalue weighted by Crippen LogP contribution is 2.53. The number of carboxylic acids is 1. The van der Waals surface area contributed by atoms with Gasteiger partial charge < -0.3 is 25.4 Å². The molecule has 1 aliphatic carbocycles. The average molecular weight is 517 g/mol. The van der Waals surface area contributed by atoms with Crippen molar-refractivity contribution in [1.29, 1.82) is 0 Å². The number of aliphatic imine (C=N–C) groups is 1. The van der Waals surface area contributed by atoms with Crippen LogP contribution in [0.1, 0.15) is 24.8 Å². The SMILES string of the molecule is NC1=NC2(CO1)c1cc(-c3cccc(Cl)c3F)ccc1OC1CCC(O)CC12.O=C(O)C(F)(F)F. The van der Waals surface area contributed by atoms with Gasteiger partial charge in [0.2, 0.25) is 0 Å². The molecule has 35 heavy (non-hydrogen) atoms. The number of halogens is 5. The number of carboxylic acid groups (broad SMARTS) is 1. The number of nitrogens with two attached hydrogens (primary N) is 1. The van der Waals surface area contributed by atoms with Crippen LogP contribution in [-0.2, 0) is 15.1 Å². The van der Waals surface area contributed by atoms with Gasteiger partial charge in [-0.15, -0.1) is 0 Å². The lowest BCUT2D eigenvalue weighted by molar-refractivity contribution is -0.192. The fraction of sp³-hybridized carbons (Fsp3) is 0.391. The van der Waals surface area contributed by atoms with Crippen molar-refractivity contribution in [2.75, 3.05) is 6.61 Å². The number of aliphatic hydroxyl groups is 1. The van der Waals surface area contributed by atoms with Gasteiger partial charge in [0.25, 0.3) is 6.02 Å². The van der Waals surface area contributed by atoms with Gasteiger partial charge in [-0.1, -0.05) is 29.8 Å². The molecule has 4 N–H and O–H groups in total. The first-order valence-electron chi connectivity index (χ1n) is 10.6. The average Bonchev–Trinajstić information content (AvgIpc) is 3.18. The van der Waals surface area contributed by atoms with E-state index < -0.39 is 29.6 Å². The number of aliphatic hydroxyl groups excluding tert-OH is 1. The molecule has 2 heterocycles. The molecule has 4 unspecified atom stereocenters. The Balaban J connectivity index is 0.000000364. The number of fused-ring (bicyclic) bond motifs is 4. The number of alkyl halides is 3.